The Balaban J connectivity index is 1.49. The fraction of sp³-hybridized carbons (Fsp3) is 0.409. The van der Waals surface area contributed by atoms with Gasteiger partial charge in [-0.25, -0.2) is 0 Å². The summed E-state index contributed by atoms with van der Waals surface area (Å²) in [5.41, 5.74) is 4.05. The lowest BCUT2D eigenvalue weighted by Crippen LogP contribution is -2.30. The van der Waals surface area contributed by atoms with Gasteiger partial charge in [0.2, 0.25) is 5.91 Å². The maximum absolute atomic E-state index is 12.5. The van der Waals surface area contributed by atoms with Crippen LogP contribution in [0.4, 0.5) is 0 Å². The first kappa shape index (κ1) is 19.6. The number of carbonyl (C=O) groups is 1. The Labute approximate surface area is 165 Å². The van der Waals surface area contributed by atoms with Crippen molar-refractivity contribution in [1.29, 1.82) is 0 Å². The van der Waals surface area contributed by atoms with E-state index < -0.39 is 0 Å². The number of benzene rings is 2. The fourth-order valence-corrected chi connectivity index (χ4v) is 4.25. The molecule has 0 heterocycles. The normalized spacial score (nSPS) is 12.6. The van der Waals surface area contributed by atoms with Gasteiger partial charge in [-0.2, -0.15) is 0 Å². The molecule has 4 nitrogen and oxygen atoms in total. The SMILES string of the molecule is COc1ccc(CCN(C)C(=O)CSc2ccc3c(c2)CCC3)cc1OC. The molecule has 1 amide bonds. The molecule has 0 spiro atoms. The third kappa shape index (κ3) is 4.98. The van der Waals surface area contributed by atoms with E-state index in [0.717, 1.165) is 23.5 Å². The molecule has 1 aliphatic rings. The van der Waals surface area contributed by atoms with Crippen molar-refractivity contribution in [3.63, 3.8) is 0 Å². The van der Waals surface area contributed by atoms with Gasteiger partial charge >= 0.3 is 0 Å². The molecular formula is C22H27NO3S. The van der Waals surface area contributed by atoms with Crippen molar-refractivity contribution >= 4 is 17.7 Å². The minimum absolute atomic E-state index is 0.154. The number of aryl methyl sites for hydroxylation is 2. The smallest absolute Gasteiger partial charge is 0.232 e. The van der Waals surface area contributed by atoms with Crippen molar-refractivity contribution in [1.82, 2.24) is 4.90 Å². The monoisotopic (exact) mass is 385 g/mol. The number of amides is 1. The predicted molar refractivity (Wildman–Crippen MR) is 110 cm³/mol. The van der Waals surface area contributed by atoms with Gasteiger partial charge in [-0.05, 0) is 66.6 Å². The van der Waals surface area contributed by atoms with Crippen LogP contribution in [0.25, 0.3) is 0 Å². The molecule has 5 heteroatoms. The van der Waals surface area contributed by atoms with Crippen LogP contribution in [0.1, 0.15) is 23.1 Å². The van der Waals surface area contributed by atoms with Crippen LogP contribution in [0.5, 0.6) is 11.5 Å². The summed E-state index contributed by atoms with van der Waals surface area (Å²) in [5.74, 6) is 2.06. The lowest BCUT2D eigenvalue weighted by Gasteiger charge is -2.17. The van der Waals surface area contributed by atoms with Crippen LogP contribution in [0.2, 0.25) is 0 Å². The van der Waals surface area contributed by atoms with E-state index in [1.807, 2.05) is 25.2 Å². The van der Waals surface area contributed by atoms with Gasteiger partial charge in [0.25, 0.3) is 0 Å². The minimum Gasteiger partial charge on any atom is -0.493 e. The number of thioether (sulfide) groups is 1. The molecule has 0 N–H and O–H groups in total. The van der Waals surface area contributed by atoms with E-state index in [4.69, 9.17) is 9.47 Å². The van der Waals surface area contributed by atoms with Crippen molar-refractivity contribution in [2.24, 2.45) is 0 Å². The zero-order chi connectivity index (χ0) is 19.2. The van der Waals surface area contributed by atoms with E-state index >= 15 is 0 Å². The third-order valence-corrected chi connectivity index (χ3v) is 6.02. The maximum Gasteiger partial charge on any atom is 0.232 e. The number of methoxy groups -OCH3 is 2. The maximum atomic E-state index is 12.5. The van der Waals surface area contributed by atoms with E-state index in [-0.39, 0.29) is 5.91 Å². The Morgan fingerprint density at radius 3 is 2.59 bits per heavy atom. The number of rotatable bonds is 8. The molecule has 144 valence electrons. The highest BCUT2D eigenvalue weighted by atomic mass is 32.2. The average molecular weight is 386 g/mol. The van der Waals surface area contributed by atoms with Crippen molar-refractivity contribution in [3.05, 3.63) is 53.1 Å². The number of likely N-dealkylation sites (N-methyl/N-ethyl adjacent to an activating group) is 1. The van der Waals surface area contributed by atoms with Gasteiger partial charge < -0.3 is 14.4 Å². The third-order valence-electron chi connectivity index (χ3n) is 5.04. The molecule has 0 atom stereocenters. The van der Waals surface area contributed by atoms with E-state index in [2.05, 4.69) is 18.2 Å². The Morgan fingerprint density at radius 1 is 1.04 bits per heavy atom. The van der Waals surface area contributed by atoms with Gasteiger partial charge in [0, 0.05) is 18.5 Å². The minimum atomic E-state index is 0.154. The Hall–Kier alpha value is -2.14. The summed E-state index contributed by atoms with van der Waals surface area (Å²) in [6.07, 6.45) is 4.40. The number of nitrogens with zero attached hydrogens (tertiary/aromatic N) is 1. The zero-order valence-electron chi connectivity index (χ0n) is 16.3. The van der Waals surface area contributed by atoms with Gasteiger partial charge in [-0.1, -0.05) is 12.1 Å². The molecule has 27 heavy (non-hydrogen) atoms. The highest BCUT2D eigenvalue weighted by Crippen LogP contribution is 2.29. The van der Waals surface area contributed by atoms with Crippen LogP contribution >= 0.6 is 11.8 Å². The Bertz CT molecular complexity index is 806. The van der Waals surface area contributed by atoms with Crippen LogP contribution in [-0.4, -0.2) is 44.4 Å². The first-order valence-corrected chi connectivity index (χ1v) is 10.3. The van der Waals surface area contributed by atoms with Gasteiger partial charge in [-0.3, -0.25) is 4.79 Å². The first-order chi connectivity index (χ1) is 13.1. The predicted octanol–water partition coefficient (Wildman–Crippen LogP) is 3.99. The summed E-state index contributed by atoms with van der Waals surface area (Å²) in [6, 6.07) is 12.5. The average Bonchev–Trinajstić information content (AvgIpc) is 3.17. The summed E-state index contributed by atoms with van der Waals surface area (Å²) < 4.78 is 10.6. The summed E-state index contributed by atoms with van der Waals surface area (Å²) >= 11 is 1.63. The van der Waals surface area contributed by atoms with Gasteiger partial charge in [0.05, 0.1) is 20.0 Å². The second kappa shape index (κ2) is 9.18. The van der Waals surface area contributed by atoms with Crippen molar-refractivity contribution in [2.75, 3.05) is 33.6 Å². The summed E-state index contributed by atoms with van der Waals surface area (Å²) in [5, 5.41) is 0. The molecule has 2 aromatic rings. The van der Waals surface area contributed by atoms with E-state index in [0.29, 0.717) is 12.3 Å². The molecule has 0 aromatic heterocycles. The molecule has 0 fully saturated rings. The van der Waals surface area contributed by atoms with Crippen LogP contribution in [0, 0.1) is 0 Å². The molecule has 0 radical (unpaired) electrons. The van der Waals surface area contributed by atoms with E-state index in [1.165, 1.54) is 35.3 Å². The van der Waals surface area contributed by atoms with Crippen molar-refractivity contribution < 1.29 is 14.3 Å². The van der Waals surface area contributed by atoms with Crippen LogP contribution in [0.15, 0.2) is 41.3 Å². The number of ether oxygens (including phenoxy) is 2. The quantitative estimate of drug-likeness (QED) is 0.644. The number of carbonyl (C=O) groups excluding carboxylic acids is 1. The molecule has 0 unspecified atom stereocenters. The molecule has 0 bridgehead atoms. The molecule has 0 saturated heterocycles. The lowest BCUT2D eigenvalue weighted by molar-refractivity contribution is -0.127. The highest BCUT2D eigenvalue weighted by molar-refractivity contribution is 8.00. The fourth-order valence-electron chi connectivity index (χ4n) is 3.35. The van der Waals surface area contributed by atoms with Crippen molar-refractivity contribution in [2.45, 2.75) is 30.6 Å². The Morgan fingerprint density at radius 2 is 1.81 bits per heavy atom. The second-order valence-corrected chi connectivity index (χ2v) is 7.88. The molecule has 3 rings (SSSR count). The molecule has 0 aliphatic heterocycles. The van der Waals surface area contributed by atoms with Crippen LogP contribution in [-0.2, 0) is 24.1 Å². The Kier molecular flexibility index (Phi) is 6.67. The molecule has 1 aliphatic carbocycles. The summed E-state index contributed by atoms with van der Waals surface area (Å²) in [6.45, 7) is 0.680. The first-order valence-electron chi connectivity index (χ1n) is 9.30. The van der Waals surface area contributed by atoms with Gasteiger partial charge in [0.1, 0.15) is 0 Å². The second-order valence-electron chi connectivity index (χ2n) is 6.83. The lowest BCUT2D eigenvalue weighted by atomic mass is 10.1. The van der Waals surface area contributed by atoms with Gasteiger partial charge in [-0.15, -0.1) is 11.8 Å². The summed E-state index contributed by atoms with van der Waals surface area (Å²) in [4.78, 5) is 15.4. The van der Waals surface area contributed by atoms with Crippen molar-refractivity contribution in [3.8, 4) is 11.5 Å². The number of fused-ring (bicyclic) bond motifs is 1. The van der Waals surface area contributed by atoms with Crippen LogP contribution in [0.3, 0.4) is 0 Å². The standard InChI is InChI=1S/C22H27NO3S/c1-23(12-11-16-7-10-20(25-2)21(13-16)26-3)22(24)15-27-19-9-8-17-5-4-6-18(17)14-19/h7-10,13-14H,4-6,11-12,15H2,1-3H3. The summed E-state index contributed by atoms with van der Waals surface area (Å²) in [7, 11) is 5.13. The van der Waals surface area contributed by atoms with Gasteiger partial charge in [0.15, 0.2) is 11.5 Å². The molecule has 0 saturated carbocycles. The van der Waals surface area contributed by atoms with E-state index in [1.54, 1.807) is 30.9 Å². The topological polar surface area (TPSA) is 38.8 Å². The zero-order valence-corrected chi connectivity index (χ0v) is 17.1. The van der Waals surface area contributed by atoms with Crippen LogP contribution < -0.4 is 9.47 Å². The number of hydrogen-bond donors (Lipinski definition) is 0. The molecule has 2 aromatic carbocycles. The van der Waals surface area contributed by atoms with E-state index in [9.17, 15) is 4.79 Å². The number of hydrogen-bond acceptors (Lipinski definition) is 4. The highest BCUT2D eigenvalue weighted by Gasteiger charge is 2.13. The molecular weight excluding hydrogens is 358 g/mol. The largest absolute Gasteiger partial charge is 0.493 e.